The molecule has 3 aliphatic carbocycles. The first-order valence-corrected chi connectivity index (χ1v) is 14.1. The van der Waals surface area contributed by atoms with Crippen LogP contribution in [0.5, 0.6) is 0 Å². The number of hydrogen-bond donors (Lipinski definition) is 1. The summed E-state index contributed by atoms with van der Waals surface area (Å²) in [5, 5.41) is 0. The van der Waals surface area contributed by atoms with E-state index >= 15 is 0 Å². The zero-order chi connectivity index (χ0) is 20.2. The molecule has 3 fully saturated rings. The molecule has 0 amide bonds. The molecule has 0 saturated heterocycles. The summed E-state index contributed by atoms with van der Waals surface area (Å²) in [6.45, 7) is 0.882. The van der Waals surface area contributed by atoms with Crippen molar-refractivity contribution in [2.75, 3.05) is 6.54 Å². The zero-order valence-corrected chi connectivity index (χ0v) is 19.8. The van der Waals surface area contributed by atoms with Gasteiger partial charge in [0.05, 0.1) is 0 Å². The van der Waals surface area contributed by atoms with Gasteiger partial charge in [0.1, 0.15) is 0 Å². The van der Waals surface area contributed by atoms with E-state index in [0.717, 1.165) is 29.7 Å². The zero-order valence-electron chi connectivity index (χ0n) is 19.8. The summed E-state index contributed by atoms with van der Waals surface area (Å²) in [6.07, 6.45) is 34.8. The highest BCUT2D eigenvalue weighted by Crippen LogP contribution is 2.59. The van der Waals surface area contributed by atoms with Crippen molar-refractivity contribution >= 4 is 0 Å². The van der Waals surface area contributed by atoms with Crippen molar-refractivity contribution in [2.45, 2.75) is 148 Å². The Balaban J connectivity index is 1.64. The van der Waals surface area contributed by atoms with Crippen LogP contribution in [0.25, 0.3) is 0 Å². The van der Waals surface area contributed by atoms with Crippen molar-refractivity contribution in [1.29, 1.82) is 0 Å². The molecule has 0 aromatic heterocycles. The largest absolute Gasteiger partial charge is 0.330 e. The van der Waals surface area contributed by atoms with Gasteiger partial charge in [-0.15, -0.1) is 0 Å². The monoisotopic (exact) mass is 403 g/mol. The van der Waals surface area contributed by atoms with Crippen LogP contribution < -0.4 is 5.73 Å². The van der Waals surface area contributed by atoms with E-state index in [1.54, 1.807) is 44.9 Å². The van der Waals surface area contributed by atoms with Crippen molar-refractivity contribution in [3.05, 3.63) is 0 Å². The van der Waals surface area contributed by atoms with Crippen LogP contribution in [0, 0.1) is 23.2 Å². The topological polar surface area (TPSA) is 26.0 Å². The Labute approximate surface area is 183 Å². The van der Waals surface area contributed by atoms with Gasteiger partial charge in [0.25, 0.3) is 0 Å². The minimum Gasteiger partial charge on any atom is -0.330 e. The van der Waals surface area contributed by atoms with E-state index < -0.39 is 0 Å². The van der Waals surface area contributed by atoms with Gasteiger partial charge in [-0.1, -0.05) is 96.3 Å². The predicted octanol–water partition coefficient (Wildman–Crippen LogP) is 8.79. The molecule has 0 radical (unpaired) electrons. The minimum absolute atomic E-state index is 0.737. The van der Waals surface area contributed by atoms with Crippen LogP contribution in [0.4, 0.5) is 0 Å². The third-order valence-corrected chi connectivity index (χ3v) is 9.41. The van der Waals surface area contributed by atoms with Crippen LogP contribution in [-0.2, 0) is 0 Å². The van der Waals surface area contributed by atoms with Gasteiger partial charge in [-0.2, -0.15) is 0 Å². The molecule has 0 aliphatic heterocycles. The van der Waals surface area contributed by atoms with E-state index in [2.05, 4.69) is 0 Å². The van der Waals surface area contributed by atoms with Crippen LogP contribution in [-0.4, -0.2) is 6.54 Å². The average Bonchev–Trinajstić information content (AvgIpc) is 2.80. The molecule has 0 spiro atoms. The van der Waals surface area contributed by atoms with E-state index in [9.17, 15) is 0 Å². The van der Waals surface area contributed by atoms with Gasteiger partial charge < -0.3 is 5.73 Å². The van der Waals surface area contributed by atoms with Crippen LogP contribution in [0.2, 0.25) is 0 Å². The number of unbranched alkanes of at least 4 members (excludes halogenated alkanes) is 6. The second kappa shape index (κ2) is 13.4. The van der Waals surface area contributed by atoms with E-state index in [0.29, 0.717) is 0 Å². The molecule has 170 valence electrons. The van der Waals surface area contributed by atoms with Crippen LogP contribution in [0.15, 0.2) is 0 Å². The third-order valence-electron chi connectivity index (χ3n) is 9.41. The Morgan fingerprint density at radius 3 is 1.17 bits per heavy atom. The fourth-order valence-corrected chi connectivity index (χ4v) is 7.99. The highest BCUT2D eigenvalue weighted by molar-refractivity contribution is 4.99. The third kappa shape index (κ3) is 6.72. The fourth-order valence-electron chi connectivity index (χ4n) is 7.99. The van der Waals surface area contributed by atoms with Gasteiger partial charge in [0.15, 0.2) is 0 Å². The standard InChI is InChI=1S/C28H53N/c29-24-16-5-3-1-2-4-15-23-28(25-17-9-6-10-18-25,26-19-11-7-12-20-26)27-21-13-8-14-22-27/h25-27H,1-24,29H2. The first-order valence-electron chi connectivity index (χ1n) is 14.1. The van der Waals surface area contributed by atoms with E-state index in [-0.39, 0.29) is 0 Å². The second-order valence-corrected chi connectivity index (χ2v) is 11.1. The summed E-state index contributed by atoms with van der Waals surface area (Å²) in [6, 6.07) is 0. The summed E-state index contributed by atoms with van der Waals surface area (Å²) in [7, 11) is 0. The molecule has 0 aromatic rings. The molecule has 3 rings (SSSR count). The molecule has 0 atom stereocenters. The predicted molar refractivity (Wildman–Crippen MR) is 128 cm³/mol. The molecule has 0 heterocycles. The van der Waals surface area contributed by atoms with Crippen molar-refractivity contribution < 1.29 is 0 Å². The van der Waals surface area contributed by atoms with Crippen LogP contribution >= 0.6 is 0 Å². The van der Waals surface area contributed by atoms with Gasteiger partial charge in [-0.3, -0.25) is 0 Å². The summed E-state index contributed by atoms with van der Waals surface area (Å²) < 4.78 is 0. The maximum absolute atomic E-state index is 5.65. The van der Waals surface area contributed by atoms with Gasteiger partial charge in [-0.05, 0) is 81.1 Å². The molecule has 3 saturated carbocycles. The molecule has 29 heavy (non-hydrogen) atoms. The van der Waals surface area contributed by atoms with Gasteiger partial charge in [0, 0.05) is 0 Å². The maximum Gasteiger partial charge on any atom is -0.00773 e. The summed E-state index contributed by atoms with van der Waals surface area (Å²) in [5.41, 5.74) is 6.39. The van der Waals surface area contributed by atoms with E-state index in [4.69, 9.17) is 5.73 Å². The van der Waals surface area contributed by atoms with E-state index in [1.807, 2.05) is 0 Å². The molecule has 0 unspecified atom stereocenters. The molecule has 0 bridgehead atoms. The lowest BCUT2D eigenvalue weighted by Gasteiger charge is -2.55. The molecule has 1 heteroatoms. The first-order chi connectivity index (χ1) is 14.4. The fraction of sp³-hybridized carbons (Fsp3) is 1.00. The molecular weight excluding hydrogens is 350 g/mol. The van der Waals surface area contributed by atoms with Crippen LogP contribution in [0.3, 0.4) is 0 Å². The lowest BCUT2D eigenvalue weighted by Crippen LogP contribution is -2.47. The highest BCUT2D eigenvalue weighted by atomic mass is 14.5. The lowest BCUT2D eigenvalue weighted by atomic mass is 9.50. The van der Waals surface area contributed by atoms with Crippen molar-refractivity contribution in [2.24, 2.45) is 28.9 Å². The highest BCUT2D eigenvalue weighted by Gasteiger charge is 2.49. The van der Waals surface area contributed by atoms with Gasteiger partial charge in [0.2, 0.25) is 0 Å². The SMILES string of the molecule is NCCCCCCCCCC(C1CCCCC1)(C1CCCCC1)C1CCCCC1. The smallest absolute Gasteiger partial charge is 0.00773 e. The Bertz CT molecular complexity index is 353. The van der Waals surface area contributed by atoms with Crippen molar-refractivity contribution in [1.82, 2.24) is 0 Å². The molecule has 3 aliphatic rings. The first kappa shape index (κ1) is 23.6. The van der Waals surface area contributed by atoms with Gasteiger partial charge in [-0.25, -0.2) is 0 Å². The number of nitrogens with two attached hydrogens (primary N) is 1. The van der Waals surface area contributed by atoms with Crippen molar-refractivity contribution in [3.63, 3.8) is 0 Å². The molecule has 1 nitrogen and oxygen atoms in total. The number of hydrogen-bond acceptors (Lipinski definition) is 1. The normalized spacial score (nSPS) is 23.5. The summed E-state index contributed by atoms with van der Waals surface area (Å²) >= 11 is 0. The van der Waals surface area contributed by atoms with E-state index in [1.165, 1.54) is 103 Å². The summed E-state index contributed by atoms with van der Waals surface area (Å²) in [5.74, 6) is 3.23. The average molecular weight is 404 g/mol. The molecular formula is C28H53N. The van der Waals surface area contributed by atoms with Gasteiger partial charge >= 0.3 is 0 Å². The Morgan fingerprint density at radius 1 is 0.448 bits per heavy atom. The summed E-state index contributed by atoms with van der Waals surface area (Å²) in [4.78, 5) is 0. The number of rotatable bonds is 12. The second-order valence-electron chi connectivity index (χ2n) is 11.1. The molecule has 2 N–H and O–H groups in total. The minimum atomic E-state index is 0.737. The van der Waals surface area contributed by atoms with Crippen molar-refractivity contribution in [3.8, 4) is 0 Å². The Kier molecular flexibility index (Phi) is 10.9. The lowest BCUT2D eigenvalue weighted by molar-refractivity contribution is -0.0571. The molecule has 0 aromatic carbocycles. The maximum atomic E-state index is 5.65. The quantitative estimate of drug-likeness (QED) is 0.324. The Hall–Kier alpha value is -0.0400. The Morgan fingerprint density at radius 2 is 0.793 bits per heavy atom. The van der Waals surface area contributed by atoms with Crippen LogP contribution in [0.1, 0.15) is 148 Å².